The third-order valence-corrected chi connectivity index (χ3v) is 3.48. The molecule has 0 unspecified atom stereocenters. The number of carbonyl (C=O) groups is 1. The summed E-state index contributed by atoms with van der Waals surface area (Å²) >= 11 is 0. The highest BCUT2D eigenvalue weighted by atomic mass is 127. The Kier molecular flexibility index (Phi) is 9.01. The topological polar surface area (TPSA) is 95.2 Å². The number of hydrogen-bond acceptors (Lipinski definition) is 5. The molecule has 0 aliphatic heterocycles. The van der Waals surface area contributed by atoms with Gasteiger partial charge in [0.25, 0.3) is 0 Å². The quantitative estimate of drug-likeness (QED) is 0.257. The van der Waals surface area contributed by atoms with Crippen LogP contribution < -0.4 is 20.5 Å². The molecule has 0 amide bonds. The number of nitrogens with one attached hydrogen (secondary N) is 1. The minimum Gasteiger partial charge on any atom is -0.496 e. The van der Waals surface area contributed by atoms with Crippen molar-refractivity contribution in [3.8, 4) is 11.5 Å². The van der Waals surface area contributed by atoms with Crippen molar-refractivity contribution in [1.29, 1.82) is 0 Å². The Balaban J connectivity index is 0.00000420. The lowest BCUT2D eigenvalue weighted by Gasteiger charge is -2.14. The number of guanidine groups is 1. The van der Waals surface area contributed by atoms with Crippen LogP contribution in [-0.4, -0.2) is 32.5 Å². The van der Waals surface area contributed by atoms with E-state index >= 15 is 0 Å². The lowest BCUT2D eigenvalue weighted by atomic mass is 10.1. The van der Waals surface area contributed by atoms with E-state index in [4.69, 9.17) is 10.5 Å². The van der Waals surface area contributed by atoms with Crippen molar-refractivity contribution < 1.29 is 32.2 Å². The van der Waals surface area contributed by atoms with Crippen molar-refractivity contribution in [2.45, 2.75) is 12.9 Å². The van der Waals surface area contributed by atoms with Crippen molar-refractivity contribution in [3.63, 3.8) is 0 Å². The average Bonchev–Trinajstić information content (AvgIpc) is 2.66. The summed E-state index contributed by atoms with van der Waals surface area (Å²) in [6.45, 7) is 0.0962. The SMILES string of the molecule is COC(=O)c1ccc(CN=C(N)Nc2ccccc2OC(F)(F)F)cc1OC.I. The molecular formula is C18H19F3IN3O4. The third-order valence-electron chi connectivity index (χ3n) is 3.48. The van der Waals surface area contributed by atoms with Gasteiger partial charge in [-0.3, -0.25) is 0 Å². The summed E-state index contributed by atoms with van der Waals surface area (Å²) in [4.78, 5) is 15.7. The van der Waals surface area contributed by atoms with Gasteiger partial charge in [0.1, 0.15) is 11.3 Å². The Morgan fingerprint density at radius 3 is 2.45 bits per heavy atom. The van der Waals surface area contributed by atoms with Gasteiger partial charge in [-0.25, -0.2) is 9.79 Å². The van der Waals surface area contributed by atoms with Gasteiger partial charge in [0.05, 0.1) is 26.5 Å². The van der Waals surface area contributed by atoms with Crippen LogP contribution in [0.5, 0.6) is 11.5 Å². The molecule has 0 atom stereocenters. The van der Waals surface area contributed by atoms with Crippen LogP contribution in [0.3, 0.4) is 0 Å². The van der Waals surface area contributed by atoms with Crippen molar-refractivity contribution >= 4 is 41.6 Å². The third kappa shape index (κ3) is 7.33. The zero-order chi connectivity index (χ0) is 20.7. The lowest BCUT2D eigenvalue weighted by Crippen LogP contribution is -2.24. The summed E-state index contributed by atoms with van der Waals surface area (Å²) in [6.07, 6.45) is -4.83. The summed E-state index contributed by atoms with van der Waals surface area (Å²) in [7, 11) is 2.66. The van der Waals surface area contributed by atoms with Crippen LogP contribution >= 0.6 is 24.0 Å². The van der Waals surface area contributed by atoms with E-state index in [1.807, 2.05) is 0 Å². The average molecular weight is 525 g/mol. The van der Waals surface area contributed by atoms with Crippen LogP contribution in [0.25, 0.3) is 0 Å². The monoisotopic (exact) mass is 525 g/mol. The van der Waals surface area contributed by atoms with Gasteiger partial charge in [0, 0.05) is 0 Å². The predicted molar refractivity (Wildman–Crippen MR) is 112 cm³/mol. The van der Waals surface area contributed by atoms with Crippen LogP contribution in [0.4, 0.5) is 18.9 Å². The fourth-order valence-electron chi connectivity index (χ4n) is 2.25. The minimum absolute atomic E-state index is 0. The van der Waals surface area contributed by atoms with Gasteiger partial charge >= 0.3 is 12.3 Å². The van der Waals surface area contributed by atoms with Gasteiger partial charge in [0.2, 0.25) is 0 Å². The molecule has 0 bridgehead atoms. The molecule has 29 heavy (non-hydrogen) atoms. The van der Waals surface area contributed by atoms with E-state index in [1.165, 1.54) is 38.5 Å². The summed E-state index contributed by atoms with van der Waals surface area (Å²) in [5, 5.41) is 2.57. The van der Waals surface area contributed by atoms with Crippen molar-refractivity contribution in [1.82, 2.24) is 0 Å². The Hall–Kier alpha value is -2.70. The van der Waals surface area contributed by atoms with E-state index in [-0.39, 0.29) is 47.7 Å². The number of hydrogen-bond donors (Lipinski definition) is 2. The molecule has 0 spiro atoms. The van der Waals surface area contributed by atoms with Gasteiger partial charge in [-0.1, -0.05) is 18.2 Å². The van der Waals surface area contributed by atoms with E-state index in [2.05, 4.69) is 19.8 Å². The second-order valence-electron chi connectivity index (χ2n) is 5.40. The smallest absolute Gasteiger partial charge is 0.496 e. The van der Waals surface area contributed by atoms with Crippen LogP contribution in [0.1, 0.15) is 15.9 Å². The molecule has 0 aliphatic carbocycles. The highest BCUT2D eigenvalue weighted by Crippen LogP contribution is 2.29. The number of aliphatic imine (C=N–C) groups is 1. The number of nitrogens with two attached hydrogens (primary N) is 1. The summed E-state index contributed by atoms with van der Waals surface area (Å²) in [6, 6.07) is 10.2. The van der Waals surface area contributed by atoms with Crippen LogP contribution in [0.2, 0.25) is 0 Å². The first-order valence-corrected chi connectivity index (χ1v) is 7.90. The van der Waals surface area contributed by atoms with E-state index in [0.717, 1.165) is 6.07 Å². The van der Waals surface area contributed by atoms with Crippen molar-refractivity contribution in [2.24, 2.45) is 10.7 Å². The molecule has 3 N–H and O–H groups in total. The molecule has 0 aliphatic rings. The van der Waals surface area contributed by atoms with E-state index in [0.29, 0.717) is 11.3 Å². The van der Waals surface area contributed by atoms with E-state index in [9.17, 15) is 18.0 Å². The number of rotatable bonds is 6. The highest BCUT2D eigenvalue weighted by Gasteiger charge is 2.32. The van der Waals surface area contributed by atoms with Gasteiger partial charge in [0.15, 0.2) is 11.7 Å². The Morgan fingerprint density at radius 1 is 1.14 bits per heavy atom. The van der Waals surface area contributed by atoms with Gasteiger partial charge in [-0.2, -0.15) is 0 Å². The van der Waals surface area contributed by atoms with Crippen molar-refractivity contribution in [2.75, 3.05) is 19.5 Å². The second kappa shape index (κ2) is 10.7. The first-order valence-electron chi connectivity index (χ1n) is 7.90. The number of ether oxygens (including phenoxy) is 3. The molecule has 2 aromatic carbocycles. The van der Waals surface area contributed by atoms with E-state index < -0.39 is 18.1 Å². The maximum atomic E-state index is 12.5. The number of para-hydroxylation sites is 2. The maximum absolute atomic E-state index is 12.5. The molecular weight excluding hydrogens is 506 g/mol. The molecule has 0 saturated carbocycles. The van der Waals surface area contributed by atoms with Crippen LogP contribution in [0, 0.1) is 0 Å². The largest absolute Gasteiger partial charge is 0.573 e. The molecule has 7 nitrogen and oxygen atoms in total. The number of methoxy groups -OCH3 is 2. The Bertz CT molecular complexity index is 876. The molecule has 0 aromatic heterocycles. The number of benzene rings is 2. The standard InChI is InChI=1S/C18H18F3N3O4.HI/c1-26-15-9-11(7-8-12(15)16(25)27-2)10-23-17(22)24-13-5-3-4-6-14(13)28-18(19,20)21;/h3-9H,10H2,1-2H3,(H3,22,23,24);1H. The normalized spacial score (nSPS) is 11.3. The maximum Gasteiger partial charge on any atom is 0.573 e. The first kappa shape index (κ1) is 24.3. The van der Waals surface area contributed by atoms with Crippen molar-refractivity contribution in [3.05, 3.63) is 53.6 Å². The van der Waals surface area contributed by atoms with E-state index in [1.54, 1.807) is 12.1 Å². The number of esters is 1. The lowest BCUT2D eigenvalue weighted by molar-refractivity contribution is -0.274. The molecule has 0 fully saturated rings. The highest BCUT2D eigenvalue weighted by molar-refractivity contribution is 14.0. The number of carbonyl (C=O) groups excluding carboxylic acids is 1. The summed E-state index contributed by atoms with van der Waals surface area (Å²) in [5.74, 6) is -0.796. The summed E-state index contributed by atoms with van der Waals surface area (Å²) in [5.41, 5.74) is 6.68. The molecule has 0 heterocycles. The molecule has 0 saturated heterocycles. The first-order chi connectivity index (χ1) is 13.2. The van der Waals surface area contributed by atoms with Crippen LogP contribution in [-0.2, 0) is 11.3 Å². The van der Waals surface area contributed by atoms with Gasteiger partial charge in [-0.05, 0) is 29.8 Å². The van der Waals surface area contributed by atoms with Gasteiger partial charge in [-0.15, -0.1) is 37.1 Å². The zero-order valence-corrected chi connectivity index (χ0v) is 17.8. The van der Waals surface area contributed by atoms with Crippen LogP contribution in [0.15, 0.2) is 47.5 Å². The number of halogens is 4. The molecule has 158 valence electrons. The number of nitrogens with zero attached hydrogens (tertiary/aromatic N) is 1. The zero-order valence-electron chi connectivity index (χ0n) is 15.4. The number of alkyl halides is 3. The van der Waals surface area contributed by atoms with Gasteiger partial charge < -0.3 is 25.3 Å². The fourth-order valence-corrected chi connectivity index (χ4v) is 2.25. The molecule has 2 aromatic rings. The second-order valence-corrected chi connectivity index (χ2v) is 5.40. The number of anilines is 1. The molecule has 0 radical (unpaired) electrons. The summed E-state index contributed by atoms with van der Waals surface area (Å²) < 4.78 is 51.1. The minimum atomic E-state index is -4.83. The Morgan fingerprint density at radius 2 is 1.83 bits per heavy atom. The fraction of sp³-hybridized carbons (Fsp3) is 0.222. The molecule has 11 heteroatoms. The Labute approximate surface area is 182 Å². The molecule has 2 rings (SSSR count). The predicted octanol–water partition coefficient (Wildman–Crippen LogP) is 3.93.